The summed E-state index contributed by atoms with van der Waals surface area (Å²) < 4.78 is 9.63. The number of rotatable bonds is 10. The number of ether oxygens (including phenoxy) is 2. The quantitative estimate of drug-likeness (QED) is 0.503. The Labute approximate surface area is 163 Å². The molecule has 0 saturated heterocycles. The first-order valence-electron chi connectivity index (χ1n) is 8.74. The number of alkyl carbamates (subject to hydrolysis) is 1. The fourth-order valence-corrected chi connectivity index (χ4v) is 2.32. The molecule has 1 aromatic carbocycles. The smallest absolute Gasteiger partial charge is 0.407 e. The lowest BCUT2D eigenvalue weighted by atomic mass is 9.98. The average molecular weight is 391 g/mol. The van der Waals surface area contributed by atoms with Crippen molar-refractivity contribution in [1.29, 1.82) is 5.26 Å². The van der Waals surface area contributed by atoms with Crippen LogP contribution in [0.2, 0.25) is 0 Å². The molecule has 0 saturated carbocycles. The molecular formula is C19H25N3O6. The first-order valence-corrected chi connectivity index (χ1v) is 8.74. The fourth-order valence-electron chi connectivity index (χ4n) is 2.32. The van der Waals surface area contributed by atoms with E-state index in [-0.39, 0.29) is 26.0 Å². The minimum atomic E-state index is -1.17. The van der Waals surface area contributed by atoms with Gasteiger partial charge in [0.15, 0.2) is 0 Å². The summed E-state index contributed by atoms with van der Waals surface area (Å²) in [5, 5.41) is 23.5. The summed E-state index contributed by atoms with van der Waals surface area (Å²) in [6.45, 7) is 1.52. The van der Waals surface area contributed by atoms with Crippen molar-refractivity contribution in [3.63, 3.8) is 0 Å². The van der Waals surface area contributed by atoms with Crippen LogP contribution >= 0.6 is 0 Å². The van der Waals surface area contributed by atoms with Crippen molar-refractivity contribution >= 4 is 18.0 Å². The Bertz CT molecular complexity index is 689. The van der Waals surface area contributed by atoms with Crippen molar-refractivity contribution in [2.24, 2.45) is 5.92 Å². The highest BCUT2D eigenvalue weighted by atomic mass is 16.5. The van der Waals surface area contributed by atoms with Gasteiger partial charge in [0, 0.05) is 18.9 Å². The maximum atomic E-state index is 12.0. The van der Waals surface area contributed by atoms with Crippen LogP contribution in [0.1, 0.15) is 25.3 Å². The fraction of sp³-hybridized carbons (Fsp3) is 0.474. The van der Waals surface area contributed by atoms with Crippen LogP contribution in [0.25, 0.3) is 0 Å². The monoisotopic (exact) mass is 391 g/mol. The number of methoxy groups -OCH3 is 1. The Hall–Kier alpha value is -3.12. The molecule has 152 valence electrons. The largest absolute Gasteiger partial charge is 0.467 e. The molecule has 0 spiro atoms. The molecule has 0 unspecified atom stereocenters. The summed E-state index contributed by atoms with van der Waals surface area (Å²) in [5.41, 5.74) is 0.818. The second-order valence-corrected chi connectivity index (χ2v) is 6.21. The molecule has 0 aromatic heterocycles. The van der Waals surface area contributed by atoms with Crippen LogP contribution in [-0.2, 0) is 25.7 Å². The minimum Gasteiger partial charge on any atom is -0.467 e. The normalized spacial score (nSPS) is 13.4. The van der Waals surface area contributed by atoms with Gasteiger partial charge >= 0.3 is 12.1 Å². The Kier molecular flexibility index (Phi) is 10.1. The number of esters is 1. The summed E-state index contributed by atoms with van der Waals surface area (Å²) in [6.07, 6.45) is -2.18. The van der Waals surface area contributed by atoms with Crippen LogP contribution in [-0.4, -0.2) is 48.9 Å². The molecule has 28 heavy (non-hydrogen) atoms. The first-order chi connectivity index (χ1) is 13.4. The summed E-state index contributed by atoms with van der Waals surface area (Å²) in [5.74, 6) is -1.73. The van der Waals surface area contributed by atoms with Crippen LogP contribution in [0.15, 0.2) is 30.3 Å². The van der Waals surface area contributed by atoms with Gasteiger partial charge in [0.1, 0.15) is 12.6 Å². The standard InChI is InChI=1S/C19H25N3O6/c1-13(8-9-20)17(18(25)27-2)22-16(24)10-15(23)11-21-19(26)28-12-14-6-4-3-5-7-14/h3-7,13,15,17,23H,8,10-12H2,1-2H3,(H,21,26)(H,22,24)/t13-,15+,17+/m1/s1. The summed E-state index contributed by atoms with van der Waals surface area (Å²) in [4.78, 5) is 35.5. The van der Waals surface area contributed by atoms with Gasteiger partial charge < -0.3 is 25.2 Å². The molecule has 9 nitrogen and oxygen atoms in total. The second kappa shape index (κ2) is 12.3. The molecule has 0 heterocycles. The molecule has 2 amide bonds. The molecule has 0 bridgehead atoms. The highest BCUT2D eigenvalue weighted by Gasteiger charge is 2.28. The number of nitrogens with one attached hydrogen (secondary N) is 2. The molecule has 0 aliphatic heterocycles. The van der Waals surface area contributed by atoms with Gasteiger partial charge in [-0.3, -0.25) is 4.79 Å². The number of hydrogen-bond donors (Lipinski definition) is 3. The molecule has 3 N–H and O–H groups in total. The number of hydrogen-bond acceptors (Lipinski definition) is 7. The lowest BCUT2D eigenvalue weighted by Crippen LogP contribution is -2.47. The third-order valence-electron chi connectivity index (χ3n) is 3.87. The van der Waals surface area contributed by atoms with E-state index in [1.54, 1.807) is 19.1 Å². The molecule has 1 rings (SSSR count). The van der Waals surface area contributed by atoms with Gasteiger partial charge in [0.05, 0.1) is 25.7 Å². The molecule has 1 aromatic rings. The van der Waals surface area contributed by atoms with E-state index in [1.165, 1.54) is 7.11 Å². The number of aliphatic hydroxyl groups is 1. The van der Waals surface area contributed by atoms with Crippen LogP contribution < -0.4 is 10.6 Å². The predicted octanol–water partition coefficient (Wildman–Crippen LogP) is 0.871. The Morgan fingerprint density at radius 3 is 2.54 bits per heavy atom. The van der Waals surface area contributed by atoms with Crippen molar-refractivity contribution in [2.45, 2.75) is 38.5 Å². The Morgan fingerprint density at radius 1 is 1.25 bits per heavy atom. The highest BCUT2D eigenvalue weighted by molar-refractivity contribution is 5.84. The molecule has 0 radical (unpaired) electrons. The molecule has 0 aliphatic carbocycles. The molecule has 9 heteroatoms. The van der Waals surface area contributed by atoms with Gasteiger partial charge in [-0.2, -0.15) is 5.26 Å². The first kappa shape index (κ1) is 22.9. The summed E-state index contributed by atoms with van der Waals surface area (Å²) >= 11 is 0. The van der Waals surface area contributed by atoms with Gasteiger partial charge in [-0.1, -0.05) is 37.3 Å². The van der Waals surface area contributed by atoms with E-state index in [2.05, 4.69) is 15.4 Å². The van der Waals surface area contributed by atoms with Crippen molar-refractivity contribution in [3.05, 3.63) is 35.9 Å². The number of benzene rings is 1. The van der Waals surface area contributed by atoms with Gasteiger partial charge in [0.25, 0.3) is 0 Å². The maximum absolute atomic E-state index is 12.0. The molecular weight excluding hydrogens is 366 g/mol. The number of nitriles is 1. The Balaban J connectivity index is 2.38. The predicted molar refractivity (Wildman–Crippen MR) is 98.6 cm³/mol. The number of nitrogens with zero attached hydrogens (tertiary/aromatic N) is 1. The van der Waals surface area contributed by atoms with Crippen molar-refractivity contribution < 1.29 is 29.0 Å². The van der Waals surface area contributed by atoms with Gasteiger partial charge in [-0.25, -0.2) is 9.59 Å². The van der Waals surface area contributed by atoms with Crippen molar-refractivity contribution in [1.82, 2.24) is 10.6 Å². The minimum absolute atomic E-state index is 0.0530. The van der Waals surface area contributed by atoms with E-state index in [0.29, 0.717) is 0 Å². The number of aliphatic hydroxyl groups excluding tert-OH is 1. The molecule has 3 atom stereocenters. The topological polar surface area (TPSA) is 138 Å². The highest BCUT2D eigenvalue weighted by Crippen LogP contribution is 2.10. The zero-order valence-electron chi connectivity index (χ0n) is 15.9. The summed E-state index contributed by atoms with van der Waals surface area (Å²) in [7, 11) is 1.18. The van der Waals surface area contributed by atoms with Crippen LogP contribution in [0.5, 0.6) is 0 Å². The number of carbonyl (C=O) groups excluding carboxylic acids is 3. The maximum Gasteiger partial charge on any atom is 0.407 e. The van der Waals surface area contributed by atoms with E-state index in [9.17, 15) is 19.5 Å². The van der Waals surface area contributed by atoms with Gasteiger partial charge in [0.2, 0.25) is 5.91 Å². The van der Waals surface area contributed by atoms with Crippen LogP contribution in [0, 0.1) is 17.2 Å². The lowest BCUT2D eigenvalue weighted by Gasteiger charge is -2.21. The Morgan fingerprint density at radius 2 is 1.93 bits per heavy atom. The molecule has 0 fully saturated rings. The van der Waals surface area contributed by atoms with Gasteiger partial charge in [-0.05, 0) is 5.56 Å². The van der Waals surface area contributed by atoms with Crippen LogP contribution in [0.3, 0.4) is 0 Å². The van der Waals surface area contributed by atoms with Gasteiger partial charge in [-0.15, -0.1) is 0 Å². The molecule has 0 aliphatic rings. The SMILES string of the molecule is COC(=O)[C@@H](NC(=O)C[C@H](O)CNC(=O)OCc1ccccc1)[C@H](C)CC#N. The number of carbonyl (C=O) groups is 3. The van der Waals surface area contributed by atoms with E-state index in [0.717, 1.165) is 5.56 Å². The third kappa shape index (κ3) is 8.51. The summed E-state index contributed by atoms with van der Waals surface area (Å²) in [6, 6.07) is 10.0. The van der Waals surface area contributed by atoms with E-state index in [1.807, 2.05) is 24.3 Å². The second-order valence-electron chi connectivity index (χ2n) is 6.21. The average Bonchev–Trinajstić information content (AvgIpc) is 2.69. The lowest BCUT2D eigenvalue weighted by molar-refractivity contribution is -0.146. The van der Waals surface area contributed by atoms with E-state index in [4.69, 9.17) is 10.00 Å². The van der Waals surface area contributed by atoms with Crippen LogP contribution in [0.4, 0.5) is 4.79 Å². The third-order valence-corrected chi connectivity index (χ3v) is 3.87. The number of amides is 2. The van der Waals surface area contributed by atoms with Crippen molar-refractivity contribution in [2.75, 3.05) is 13.7 Å². The zero-order chi connectivity index (χ0) is 20.9. The van der Waals surface area contributed by atoms with E-state index >= 15 is 0 Å². The van der Waals surface area contributed by atoms with Crippen molar-refractivity contribution in [3.8, 4) is 6.07 Å². The van der Waals surface area contributed by atoms with E-state index < -0.39 is 36.0 Å². The zero-order valence-corrected chi connectivity index (χ0v) is 15.9.